The highest BCUT2D eigenvalue weighted by molar-refractivity contribution is 7.80. The van der Waals surface area contributed by atoms with E-state index in [-0.39, 0.29) is 0 Å². The Kier molecular flexibility index (Phi) is 2.83. The van der Waals surface area contributed by atoms with Gasteiger partial charge in [0.2, 0.25) is 0 Å². The number of aromatic nitrogens is 1. The van der Waals surface area contributed by atoms with Crippen LogP contribution in [0.25, 0.3) is 11.1 Å². The normalized spacial score (nSPS) is 9.93. The summed E-state index contributed by atoms with van der Waals surface area (Å²) < 4.78 is 5.12. The molecule has 0 spiro atoms. The minimum atomic E-state index is 0.741. The Hall–Kier alpha value is -1.61. The summed E-state index contributed by atoms with van der Waals surface area (Å²) in [4.78, 5) is 4.93. The lowest BCUT2D eigenvalue weighted by Gasteiger charge is -2.05. The number of benzene rings is 1. The van der Waals surface area contributed by atoms with E-state index < -0.39 is 0 Å². The monoisotopic (exact) mass is 216 g/mol. The van der Waals surface area contributed by atoms with Crippen LogP contribution in [0.2, 0.25) is 0 Å². The summed E-state index contributed by atoms with van der Waals surface area (Å²) in [5.41, 5.74) is 2.00. The number of hydrogen-bond acceptors (Lipinski definition) is 2. The van der Waals surface area contributed by atoms with E-state index >= 15 is 0 Å². The highest BCUT2D eigenvalue weighted by Gasteiger charge is 2.03. The highest BCUT2D eigenvalue weighted by Crippen LogP contribution is 2.27. The van der Waals surface area contributed by atoms with Crippen molar-refractivity contribution in [2.24, 2.45) is 0 Å². The second-order valence-corrected chi connectivity index (χ2v) is 3.55. The minimum Gasteiger partial charge on any atom is -0.495 e. The molecule has 0 unspecified atom stereocenters. The van der Waals surface area contributed by atoms with Crippen molar-refractivity contribution in [2.75, 3.05) is 7.11 Å². The van der Waals surface area contributed by atoms with Crippen molar-refractivity contribution in [1.29, 1.82) is 0 Å². The van der Waals surface area contributed by atoms with Gasteiger partial charge in [-0.25, -0.2) is 0 Å². The van der Waals surface area contributed by atoms with Gasteiger partial charge in [-0.3, -0.25) is 4.98 Å². The number of pyridine rings is 1. The Balaban J connectivity index is 2.49. The maximum Gasteiger partial charge on any atom is 0.137 e. The average molecular weight is 216 g/mol. The van der Waals surface area contributed by atoms with Gasteiger partial charge >= 0.3 is 0 Å². The number of methoxy groups -OCH3 is 1. The Bertz CT molecular complexity index is 471. The molecule has 0 aliphatic carbocycles. The van der Waals surface area contributed by atoms with Gasteiger partial charge in [0, 0.05) is 22.2 Å². The molecular formula is C12H10NOS. The van der Waals surface area contributed by atoms with Crippen molar-refractivity contribution in [3.63, 3.8) is 0 Å². The molecule has 0 N–H and O–H groups in total. The van der Waals surface area contributed by atoms with Crippen LogP contribution >= 0.6 is 12.6 Å². The van der Waals surface area contributed by atoms with Gasteiger partial charge < -0.3 is 4.74 Å². The van der Waals surface area contributed by atoms with Gasteiger partial charge in [0.15, 0.2) is 0 Å². The molecule has 0 aliphatic heterocycles. The van der Waals surface area contributed by atoms with Crippen LogP contribution in [0.15, 0.2) is 47.6 Å². The summed E-state index contributed by atoms with van der Waals surface area (Å²) in [5, 5.41) is 0. The first-order valence-electron chi connectivity index (χ1n) is 4.56. The van der Waals surface area contributed by atoms with Gasteiger partial charge in [-0.2, -0.15) is 0 Å². The third-order valence-electron chi connectivity index (χ3n) is 2.15. The maximum atomic E-state index is 5.24. The molecule has 3 heteroatoms. The summed E-state index contributed by atoms with van der Waals surface area (Å²) in [6.45, 7) is 0. The fourth-order valence-corrected chi connectivity index (χ4v) is 1.65. The van der Waals surface area contributed by atoms with Crippen molar-refractivity contribution in [3.8, 4) is 16.9 Å². The lowest BCUT2D eigenvalue weighted by atomic mass is 10.1. The smallest absolute Gasteiger partial charge is 0.137 e. The fourth-order valence-electron chi connectivity index (χ4n) is 1.38. The first kappa shape index (κ1) is 9.93. The SMILES string of the molecule is COc1cncc(-c2ccccc2[S])c1. The van der Waals surface area contributed by atoms with E-state index in [9.17, 15) is 0 Å². The van der Waals surface area contributed by atoms with Gasteiger partial charge in [0.05, 0.1) is 13.3 Å². The van der Waals surface area contributed by atoms with E-state index in [1.807, 2.05) is 30.3 Å². The Morgan fingerprint density at radius 2 is 2.00 bits per heavy atom. The number of hydrogen-bond donors (Lipinski definition) is 0. The van der Waals surface area contributed by atoms with Crippen LogP contribution < -0.4 is 4.74 Å². The minimum absolute atomic E-state index is 0.741. The highest BCUT2D eigenvalue weighted by atomic mass is 32.1. The van der Waals surface area contributed by atoms with Crippen molar-refractivity contribution in [1.82, 2.24) is 4.98 Å². The molecule has 2 aromatic rings. The van der Waals surface area contributed by atoms with E-state index in [1.54, 1.807) is 19.5 Å². The largest absolute Gasteiger partial charge is 0.495 e. The van der Waals surface area contributed by atoms with E-state index in [4.69, 9.17) is 17.4 Å². The second-order valence-electron chi connectivity index (χ2n) is 3.11. The van der Waals surface area contributed by atoms with Gasteiger partial charge in [-0.15, -0.1) is 0 Å². The van der Waals surface area contributed by atoms with E-state index in [1.165, 1.54) is 0 Å². The van der Waals surface area contributed by atoms with E-state index in [2.05, 4.69) is 4.98 Å². The second kappa shape index (κ2) is 4.28. The van der Waals surface area contributed by atoms with Gasteiger partial charge in [-0.05, 0) is 12.1 Å². The van der Waals surface area contributed by atoms with E-state index in [0.29, 0.717) is 0 Å². The number of ether oxygens (including phenoxy) is 1. The molecule has 0 atom stereocenters. The van der Waals surface area contributed by atoms with Crippen LogP contribution in [0.1, 0.15) is 0 Å². The summed E-state index contributed by atoms with van der Waals surface area (Å²) >= 11 is 5.24. The zero-order valence-corrected chi connectivity index (χ0v) is 9.12. The fraction of sp³-hybridized carbons (Fsp3) is 0.0833. The molecule has 0 saturated heterocycles. The maximum absolute atomic E-state index is 5.24. The number of rotatable bonds is 2. The van der Waals surface area contributed by atoms with Gasteiger partial charge in [0.25, 0.3) is 0 Å². The van der Waals surface area contributed by atoms with Gasteiger partial charge in [-0.1, -0.05) is 30.8 Å². The molecular weight excluding hydrogens is 206 g/mol. The predicted octanol–water partition coefficient (Wildman–Crippen LogP) is 3.31. The third kappa shape index (κ3) is 2.07. The Labute approximate surface area is 94.3 Å². The zero-order chi connectivity index (χ0) is 10.7. The molecule has 0 saturated carbocycles. The first-order valence-corrected chi connectivity index (χ1v) is 4.97. The lowest BCUT2D eigenvalue weighted by molar-refractivity contribution is 0.413. The molecule has 0 fully saturated rings. The van der Waals surface area contributed by atoms with Crippen molar-refractivity contribution < 1.29 is 4.74 Å². The van der Waals surface area contributed by atoms with Crippen LogP contribution in [0.3, 0.4) is 0 Å². The van der Waals surface area contributed by atoms with Gasteiger partial charge in [0.1, 0.15) is 5.75 Å². The quantitative estimate of drug-likeness (QED) is 0.768. The summed E-state index contributed by atoms with van der Waals surface area (Å²) in [5.74, 6) is 0.741. The molecule has 75 valence electrons. The van der Waals surface area contributed by atoms with Crippen LogP contribution in [-0.4, -0.2) is 12.1 Å². The Morgan fingerprint density at radius 3 is 2.73 bits per heavy atom. The van der Waals surface area contributed by atoms with E-state index in [0.717, 1.165) is 21.8 Å². The zero-order valence-electron chi connectivity index (χ0n) is 8.31. The first-order chi connectivity index (χ1) is 7.31. The molecule has 1 aromatic carbocycles. The lowest BCUT2D eigenvalue weighted by Crippen LogP contribution is -1.86. The molecule has 1 aromatic heterocycles. The topological polar surface area (TPSA) is 22.1 Å². The average Bonchev–Trinajstić information content (AvgIpc) is 2.30. The summed E-state index contributed by atoms with van der Waals surface area (Å²) in [6, 6.07) is 9.71. The predicted molar refractivity (Wildman–Crippen MR) is 62.1 cm³/mol. The Morgan fingerprint density at radius 1 is 1.20 bits per heavy atom. The molecule has 1 radical (unpaired) electrons. The van der Waals surface area contributed by atoms with Crippen LogP contribution in [0.5, 0.6) is 5.75 Å². The summed E-state index contributed by atoms with van der Waals surface area (Å²) in [6.07, 6.45) is 3.46. The molecule has 0 amide bonds. The van der Waals surface area contributed by atoms with Crippen molar-refractivity contribution in [2.45, 2.75) is 4.90 Å². The summed E-state index contributed by atoms with van der Waals surface area (Å²) in [7, 11) is 1.63. The van der Waals surface area contributed by atoms with Crippen molar-refractivity contribution >= 4 is 12.6 Å². The molecule has 15 heavy (non-hydrogen) atoms. The molecule has 2 rings (SSSR count). The number of nitrogens with zero attached hydrogens (tertiary/aromatic N) is 1. The van der Waals surface area contributed by atoms with Crippen LogP contribution in [0.4, 0.5) is 0 Å². The molecule has 1 heterocycles. The van der Waals surface area contributed by atoms with Crippen LogP contribution in [-0.2, 0) is 0 Å². The molecule has 0 bridgehead atoms. The van der Waals surface area contributed by atoms with Crippen LogP contribution in [0, 0.1) is 0 Å². The van der Waals surface area contributed by atoms with Crippen molar-refractivity contribution in [3.05, 3.63) is 42.7 Å². The molecule has 0 aliphatic rings. The molecule has 2 nitrogen and oxygen atoms in total. The standard InChI is InChI=1S/C12H10NOS/c1-14-10-6-9(7-13-8-10)11-4-2-3-5-12(11)15/h2-8H,1H3. The third-order valence-corrected chi connectivity index (χ3v) is 2.50.